The van der Waals surface area contributed by atoms with E-state index in [4.69, 9.17) is 0 Å². The number of carbonyl (C=O) groups excluding carboxylic acids is 1. The predicted molar refractivity (Wildman–Crippen MR) is 162 cm³/mol. The van der Waals surface area contributed by atoms with Crippen molar-refractivity contribution in [1.29, 1.82) is 0 Å². The van der Waals surface area contributed by atoms with Crippen molar-refractivity contribution in [3.05, 3.63) is 112 Å². The molecule has 2 N–H and O–H groups in total. The Morgan fingerprint density at radius 3 is 1.93 bits per heavy atom. The number of nitrogens with one attached hydrogen (secondary N) is 2. The van der Waals surface area contributed by atoms with Crippen LogP contribution in [0, 0.1) is 20.8 Å². The van der Waals surface area contributed by atoms with Crippen LogP contribution in [0.3, 0.4) is 0 Å². The molecule has 0 fully saturated rings. The van der Waals surface area contributed by atoms with Gasteiger partial charge >= 0.3 is 0 Å². The Balaban J connectivity index is 1.53. The van der Waals surface area contributed by atoms with Crippen molar-refractivity contribution in [1.82, 2.24) is 0 Å². The fourth-order valence-electron chi connectivity index (χ4n) is 3.94. The monoisotopic (exact) mass is 641 g/mol. The quantitative estimate of drug-likeness (QED) is 0.232. The van der Waals surface area contributed by atoms with Gasteiger partial charge in [-0.1, -0.05) is 51.3 Å². The highest BCUT2D eigenvalue weighted by molar-refractivity contribution is 9.10. The van der Waals surface area contributed by atoms with Gasteiger partial charge in [0.15, 0.2) is 0 Å². The maximum Gasteiger partial charge on any atom is 0.264 e. The zero-order valence-corrected chi connectivity index (χ0v) is 25.3. The van der Waals surface area contributed by atoms with Crippen molar-refractivity contribution in [2.45, 2.75) is 30.6 Å². The second-order valence-corrected chi connectivity index (χ2v) is 13.8. The minimum Gasteiger partial charge on any atom is -0.325 e. The van der Waals surface area contributed by atoms with Gasteiger partial charge in [0.25, 0.3) is 20.0 Å². The molecule has 0 aliphatic heterocycles. The molecule has 0 bridgehead atoms. The lowest BCUT2D eigenvalue weighted by Crippen LogP contribution is -2.38. The minimum absolute atomic E-state index is 0.0175. The second-order valence-electron chi connectivity index (χ2n) is 9.30. The van der Waals surface area contributed by atoms with Gasteiger partial charge in [-0.25, -0.2) is 16.8 Å². The van der Waals surface area contributed by atoms with Crippen LogP contribution in [0.1, 0.15) is 16.7 Å². The molecule has 4 aromatic rings. The number of benzene rings is 4. The summed E-state index contributed by atoms with van der Waals surface area (Å²) >= 11 is 3.34. The van der Waals surface area contributed by atoms with Crippen molar-refractivity contribution in [2.75, 3.05) is 20.9 Å². The maximum absolute atomic E-state index is 13.5. The van der Waals surface area contributed by atoms with E-state index in [9.17, 15) is 21.6 Å². The summed E-state index contributed by atoms with van der Waals surface area (Å²) in [6.45, 7) is 5.10. The smallest absolute Gasteiger partial charge is 0.264 e. The lowest BCUT2D eigenvalue weighted by molar-refractivity contribution is -0.114. The second kappa shape index (κ2) is 11.8. The van der Waals surface area contributed by atoms with Gasteiger partial charge in [-0.3, -0.25) is 13.8 Å². The molecule has 0 saturated heterocycles. The van der Waals surface area contributed by atoms with Crippen LogP contribution >= 0.6 is 15.9 Å². The SMILES string of the molecule is Cc1ccc(S(=O)(=O)N(CC(=O)Nc2ccc(S(=O)(=O)Nc3ccc(C)cc3C)cc2)c2ccc(Br)cc2)cc1. The van der Waals surface area contributed by atoms with Gasteiger partial charge in [-0.15, -0.1) is 0 Å². The molecule has 0 saturated carbocycles. The Hall–Kier alpha value is -3.67. The summed E-state index contributed by atoms with van der Waals surface area (Å²) in [5.41, 5.74) is 3.83. The van der Waals surface area contributed by atoms with Crippen LogP contribution in [-0.2, 0) is 24.8 Å². The molecule has 0 aliphatic carbocycles. The first-order chi connectivity index (χ1) is 18.8. The molecule has 0 unspecified atom stereocenters. The number of hydrogen-bond donors (Lipinski definition) is 2. The van der Waals surface area contributed by atoms with E-state index < -0.39 is 32.5 Å². The molecule has 8 nitrogen and oxygen atoms in total. The summed E-state index contributed by atoms with van der Waals surface area (Å²) in [7, 11) is -7.92. The number of nitrogens with zero attached hydrogens (tertiary/aromatic N) is 1. The molecular formula is C29H28BrN3O5S2. The van der Waals surface area contributed by atoms with Gasteiger partial charge in [-0.05, 0) is 93.1 Å². The molecule has 4 aromatic carbocycles. The van der Waals surface area contributed by atoms with Gasteiger partial charge in [-0.2, -0.15) is 0 Å². The van der Waals surface area contributed by atoms with Crippen LogP contribution in [-0.4, -0.2) is 29.3 Å². The molecule has 0 radical (unpaired) electrons. The topological polar surface area (TPSA) is 113 Å². The standard InChI is InChI=1S/C29H28BrN3O5S2/c1-20-4-13-27(14-5-20)40(37,38)33(25-11-7-23(30)8-12-25)19-29(34)31-24-9-15-26(16-10-24)39(35,36)32-28-17-6-21(2)18-22(28)3/h4-18,32H,19H2,1-3H3,(H,31,34). The minimum atomic E-state index is -4.06. The highest BCUT2D eigenvalue weighted by Gasteiger charge is 2.27. The first kappa shape index (κ1) is 29.3. The summed E-state index contributed by atoms with van der Waals surface area (Å²) in [6.07, 6.45) is 0. The largest absolute Gasteiger partial charge is 0.325 e. The average Bonchev–Trinajstić information content (AvgIpc) is 2.90. The highest BCUT2D eigenvalue weighted by atomic mass is 79.9. The third kappa shape index (κ3) is 6.90. The lowest BCUT2D eigenvalue weighted by Gasteiger charge is -2.24. The molecule has 40 heavy (non-hydrogen) atoms. The van der Waals surface area contributed by atoms with E-state index in [1.54, 1.807) is 42.5 Å². The number of amides is 1. The Kier molecular flexibility index (Phi) is 8.67. The van der Waals surface area contributed by atoms with Crippen molar-refractivity contribution in [3.63, 3.8) is 0 Å². The fraction of sp³-hybridized carbons (Fsp3) is 0.138. The zero-order valence-electron chi connectivity index (χ0n) is 22.1. The Morgan fingerprint density at radius 1 is 0.750 bits per heavy atom. The Labute approximate surface area is 243 Å². The van der Waals surface area contributed by atoms with Crippen molar-refractivity contribution in [2.24, 2.45) is 0 Å². The summed E-state index contributed by atoms with van der Waals surface area (Å²) in [5.74, 6) is -0.595. The van der Waals surface area contributed by atoms with E-state index in [2.05, 4.69) is 26.0 Å². The number of sulfonamides is 2. The number of halogens is 1. The summed E-state index contributed by atoms with van der Waals surface area (Å²) in [6, 6.07) is 24.0. The predicted octanol–water partition coefficient (Wildman–Crippen LogP) is 6.01. The molecule has 1 amide bonds. The first-order valence-corrected chi connectivity index (χ1v) is 15.9. The van der Waals surface area contributed by atoms with Crippen LogP contribution in [0.25, 0.3) is 0 Å². The molecule has 0 aromatic heterocycles. The van der Waals surface area contributed by atoms with E-state index in [-0.39, 0.29) is 9.79 Å². The number of hydrogen-bond acceptors (Lipinski definition) is 5. The molecule has 0 aliphatic rings. The van der Waals surface area contributed by atoms with Crippen LogP contribution < -0.4 is 14.3 Å². The Bertz CT molecular complexity index is 1740. The van der Waals surface area contributed by atoms with E-state index in [1.165, 1.54) is 36.4 Å². The third-order valence-corrected chi connectivity index (χ3v) is 9.78. The normalized spacial score (nSPS) is 11.6. The molecule has 11 heteroatoms. The van der Waals surface area contributed by atoms with Gasteiger partial charge in [0.05, 0.1) is 21.2 Å². The van der Waals surface area contributed by atoms with Crippen LogP contribution in [0.4, 0.5) is 17.1 Å². The molecule has 0 heterocycles. The average molecular weight is 643 g/mol. The number of aryl methyl sites for hydroxylation is 3. The zero-order chi connectivity index (χ0) is 29.1. The Morgan fingerprint density at radius 2 is 1.32 bits per heavy atom. The number of carbonyl (C=O) groups is 1. The number of rotatable bonds is 9. The third-order valence-electron chi connectivity index (χ3n) is 6.09. The lowest BCUT2D eigenvalue weighted by atomic mass is 10.1. The molecule has 4 rings (SSSR count). The van der Waals surface area contributed by atoms with Crippen molar-refractivity contribution in [3.8, 4) is 0 Å². The highest BCUT2D eigenvalue weighted by Crippen LogP contribution is 2.26. The van der Waals surface area contributed by atoms with Crippen molar-refractivity contribution < 1.29 is 21.6 Å². The van der Waals surface area contributed by atoms with Gasteiger partial charge in [0.1, 0.15) is 6.54 Å². The van der Waals surface area contributed by atoms with Crippen LogP contribution in [0.15, 0.2) is 105 Å². The maximum atomic E-state index is 13.5. The molecule has 0 spiro atoms. The van der Waals surface area contributed by atoms with Crippen LogP contribution in [0.2, 0.25) is 0 Å². The molecule has 208 valence electrons. The van der Waals surface area contributed by atoms with Crippen LogP contribution in [0.5, 0.6) is 0 Å². The molecule has 0 atom stereocenters. The van der Waals surface area contributed by atoms with E-state index in [0.717, 1.165) is 25.5 Å². The van der Waals surface area contributed by atoms with Gasteiger partial charge in [0.2, 0.25) is 5.91 Å². The molecular weight excluding hydrogens is 614 g/mol. The van der Waals surface area contributed by atoms with Crippen molar-refractivity contribution >= 4 is 58.9 Å². The van der Waals surface area contributed by atoms with Gasteiger partial charge < -0.3 is 5.32 Å². The van der Waals surface area contributed by atoms with E-state index in [1.807, 2.05) is 32.9 Å². The summed E-state index contributed by atoms with van der Waals surface area (Å²) < 4.78 is 57.2. The van der Waals surface area contributed by atoms with Gasteiger partial charge in [0, 0.05) is 10.2 Å². The number of anilines is 3. The fourth-order valence-corrected chi connectivity index (χ4v) is 6.76. The van der Waals surface area contributed by atoms with E-state index in [0.29, 0.717) is 17.1 Å². The van der Waals surface area contributed by atoms with E-state index >= 15 is 0 Å². The summed E-state index contributed by atoms with van der Waals surface area (Å²) in [5, 5.41) is 2.66. The first-order valence-electron chi connectivity index (χ1n) is 12.2. The summed E-state index contributed by atoms with van der Waals surface area (Å²) in [4.78, 5) is 13.1.